The minimum atomic E-state index is -0.731. The summed E-state index contributed by atoms with van der Waals surface area (Å²) >= 11 is 0. The van der Waals surface area contributed by atoms with Crippen molar-refractivity contribution >= 4 is 28.2 Å². The summed E-state index contributed by atoms with van der Waals surface area (Å²) in [5.41, 5.74) is 1.24. The fourth-order valence-electron chi connectivity index (χ4n) is 4.87. The predicted molar refractivity (Wildman–Crippen MR) is 125 cm³/mol. The molecule has 5 rings (SSSR count). The average Bonchev–Trinajstić information content (AvgIpc) is 3.45. The normalized spacial score (nSPS) is 22.3. The van der Waals surface area contributed by atoms with Gasteiger partial charge >= 0.3 is 0 Å². The van der Waals surface area contributed by atoms with E-state index in [1.165, 1.54) is 7.11 Å². The number of carbonyl (C=O) groups is 2. The van der Waals surface area contributed by atoms with Gasteiger partial charge in [0, 0.05) is 13.2 Å². The number of aliphatic hydroxyl groups is 1. The van der Waals surface area contributed by atoms with E-state index < -0.39 is 17.7 Å². The van der Waals surface area contributed by atoms with Crippen molar-refractivity contribution in [1.82, 2.24) is 4.90 Å². The number of nitrogens with zero attached hydrogens (tertiary/aromatic N) is 1. The summed E-state index contributed by atoms with van der Waals surface area (Å²) in [5, 5.41) is 13.3. The monoisotopic (exact) mass is 443 g/mol. The number of carbonyl (C=O) groups excluding carboxylic acids is 2. The van der Waals surface area contributed by atoms with Gasteiger partial charge in [0.25, 0.3) is 11.7 Å². The van der Waals surface area contributed by atoms with Crippen LogP contribution in [-0.2, 0) is 14.3 Å². The van der Waals surface area contributed by atoms with Crippen molar-refractivity contribution in [2.45, 2.75) is 25.0 Å². The summed E-state index contributed by atoms with van der Waals surface area (Å²) in [6.45, 7) is 0.940. The molecular formula is C27H25NO5. The summed E-state index contributed by atoms with van der Waals surface area (Å²) in [7, 11) is 1.50. The van der Waals surface area contributed by atoms with E-state index in [0.29, 0.717) is 24.5 Å². The Kier molecular flexibility index (Phi) is 5.60. The van der Waals surface area contributed by atoms with Crippen LogP contribution in [0.5, 0.6) is 5.75 Å². The van der Waals surface area contributed by atoms with Gasteiger partial charge in [-0.25, -0.2) is 0 Å². The van der Waals surface area contributed by atoms with Crippen molar-refractivity contribution < 1.29 is 24.2 Å². The van der Waals surface area contributed by atoms with Crippen molar-refractivity contribution in [3.8, 4) is 5.75 Å². The molecular weight excluding hydrogens is 418 g/mol. The topological polar surface area (TPSA) is 76.1 Å². The quantitative estimate of drug-likeness (QED) is 0.358. The number of amides is 1. The van der Waals surface area contributed by atoms with Gasteiger partial charge in [-0.05, 0) is 41.3 Å². The number of aliphatic hydroxyl groups excluding tert-OH is 1. The number of hydrogen-bond donors (Lipinski definition) is 1. The van der Waals surface area contributed by atoms with Gasteiger partial charge in [0.15, 0.2) is 0 Å². The fourth-order valence-corrected chi connectivity index (χ4v) is 4.87. The van der Waals surface area contributed by atoms with Crippen molar-refractivity contribution in [3.63, 3.8) is 0 Å². The van der Waals surface area contributed by atoms with Gasteiger partial charge in [-0.1, -0.05) is 54.6 Å². The van der Waals surface area contributed by atoms with Crippen LogP contribution in [0.25, 0.3) is 16.5 Å². The highest BCUT2D eigenvalue weighted by molar-refractivity contribution is 6.46. The van der Waals surface area contributed by atoms with Crippen LogP contribution in [0.1, 0.15) is 30.0 Å². The number of benzene rings is 3. The van der Waals surface area contributed by atoms with Gasteiger partial charge in [-0.2, -0.15) is 0 Å². The molecule has 2 aliphatic heterocycles. The summed E-state index contributed by atoms with van der Waals surface area (Å²) in [4.78, 5) is 28.1. The van der Waals surface area contributed by atoms with E-state index in [2.05, 4.69) is 0 Å². The highest BCUT2D eigenvalue weighted by atomic mass is 16.5. The third-order valence-electron chi connectivity index (χ3n) is 6.44. The first-order valence-electron chi connectivity index (χ1n) is 11.1. The first-order chi connectivity index (χ1) is 16.1. The minimum Gasteiger partial charge on any atom is -0.507 e. The Labute approximate surface area is 192 Å². The van der Waals surface area contributed by atoms with Crippen LogP contribution in [0, 0.1) is 0 Å². The third-order valence-corrected chi connectivity index (χ3v) is 6.44. The van der Waals surface area contributed by atoms with E-state index in [1.54, 1.807) is 29.2 Å². The molecule has 0 bridgehead atoms. The number of likely N-dealkylation sites (tertiary alicyclic amines) is 1. The minimum absolute atomic E-state index is 0.0684. The molecule has 168 valence electrons. The molecule has 0 radical (unpaired) electrons. The number of ketones is 1. The number of fused-ring (bicyclic) bond motifs is 1. The van der Waals surface area contributed by atoms with Crippen LogP contribution in [-0.4, -0.2) is 48.1 Å². The zero-order valence-corrected chi connectivity index (χ0v) is 18.4. The standard InChI is InChI=1S/C27H25NO5/c1-32-22-14-5-4-12-21(22)25(29)23-24(20-13-6-9-17-8-2-3-11-19(17)20)28(27(31)26(23)30)16-18-10-7-15-33-18/h2-6,8-9,11-14,18,24,29H,7,10,15-16H2,1H3/b25-23+. The Bertz CT molecular complexity index is 1250. The van der Waals surface area contributed by atoms with Crippen molar-refractivity contribution in [2.75, 3.05) is 20.3 Å². The number of Topliss-reactive ketones (excluding diaryl/α,β-unsaturated/α-hetero) is 1. The highest BCUT2D eigenvalue weighted by Crippen LogP contribution is 2.43. The lowest BCUT2D eigenvalue weighted by Gasteiger charge is -2.28. The molecule has 2 atom stereocenters. The lowest BCUT2D eigenvalue weighted by atomic mass is 9.91. The Balaban J connectivity index is 1.73. The maximum Gasteiger partial charge on any atom is 0.295 e. The Hall–Kier alpha value is -3.64. The van der Waals surface area contributed by atoms with Gasteiger partial charge in [0.05, 0.1) is 30.4 Å². The average molecular weight is 443 g/mol. The van der Waals surface area contributed by atoms with Crippen molar-refractivity contribution in [3.05, 3.63) is 83.4 Å². The number of rotatable bonds is 5. The molecule has 2 aliphatic rings. The molecule has 2 fully saturated rings. The second-order valence-electron chi connectivity index (χ2n) is 8.36. The molecule has 3 aromatic rings. The van der Waals surface area contributed by atoms with E-state index in [9.17, 15) is 14.7 Å². The molecule has 2 unspecified atom stereocenters. The molecule has 6 heteroatoms. The summed E-state index contributed by atoms with van der Waals surface area (Å²) in [6, 6.07) is 19.9. The molecule has 3 aromatic carbocycles. The number of ether oxygens (including phenoxy) is 2. The summed E-state index contributed by atoms with van der Waals surface area (Å²) in [5.74, 6) is -1.13. The molecule has 6 nitrogen and oxygen atoms in total. The van der Waals surface area contributed by atoms with Crippen LogP contribution >= 0.6 is 0 Å². The molecule has 1 N–H and O–H groups in total. The van der Waals surface area contributed by atoms with E-state index >= 15 is 0 Å². The first kappa shape index (κ1) is 21.2. The van der Waals surface area contributed by atoms with Gasteiger partial charge < -0.3 is 19.5 Å². The second kappa shape index (κ2) is 8.71. The Morgan fingerprint density at radius 1 is 1.06 bits per heavy atom. The van der Waals surface area contributed by atoms with Crippen LogP contribution in [0.3, 0.4) is 0 Å². The lowest BCUT2D eigenvalue weighted by Crippen LogP contribution is -2.36. The third kappa shape index (κ3) is 3.66. The van der Waals surface area contributed by atoms with E-state index in [-0.39, 0.29) is 17.4 Å². The molecule has 0 saturated carbocycles. The Morgan fingerprint density at radius 3 is 2.61 bits per heavy atom. The van der Waals surface area contributed by atoms with Crippen LogP contribution in [0.15, 0.2) is 72.3 Å². The van der Waals surface area contributed by atoms with Crippen LogP contribution < -0.4 is 4.74 Å². The summed E-state index contributed by atoms with van der Waals surface area (Å²) < 4.78 is 11.2. The first-order valence-corrected chi connectivity index (χ1v) is 11.1. The van der Waals surface area contributed by atoms with E-state index in [0.717, 1.165) is 29.2 Å². The molecule has 0 aliphatic carbocycles. The molecule has 2 heterocycles. The maximum atomic E-state index is 13.3. The number of hydrogen-bond acceptors (Lipinski definition) is 5. The molecule has 0 aromatic heterocycles. The van der Waals surface area contributed by atoms with Gasteiger partial charge in [-0.3, -0.25) is 9.59 Å². The molecule has 33 heavy (non-hydrogen) atoms. The molecule has 1 amide bonds. The van der Waals surface area contributed by atoms with Gasteiger partial charge in [0.1, 0.15) is 11.5 Å². The second-order valence-corrected chi connectivity index (χ2v) is 8.36. The summed E-state index contributed by atoms with van der Waals surface area (Å²) in [6.07, 6.45) is 1.62. The highest BCUT2D eigenvalue weighted by Gasteiger charge is 2.47. The predicted octanol–water partition coefficient (Wildman–Crippen LogP) is 4.45. The fraction of sp³-hybridized carbons (Fsp3) is 0.259. The zero-order chi connectivity index (χ0) is 22.9. The largest absolute Gasteiger partial charge is 0.507 e. The van der Waals surface area contributed by atoms with Gasteiger partial charge in [-0.15, -0.1) is 0 Å². The molecule has 2 saturated heterocycles. The lowest BCUT2D eigenvalue weighted by molar-refractivity contribution is -0.140. The number of para-hydroxylation sites is 1. The van der Waals surface area contributed by atoms with E-state index in [1.807, 2.05) is 42.5 Å². The smallest absolute Gasteiger partial charge is 0.295 e. The van der Waals surface area contributed by atoms with Gasteiger partial charge in [0.2, 0.25) is 0 Å². The number of methoxy groups -OCH3 is 1. The van der Waals surface area contributed by atoms with Crippen LogP contribution in [0.2, 0.25) is 0 Å². The van der Waals surface area contributed by atoms with E-state index in [4.69, 9.17) is 9.47 Å². The Morgan fingerprint density at radius 2 is 1.82 bits per heavy atom. The molecule has 0 spiro atoms. The van der Waals surface area contributed by atoms with Crippen LogP contribution in [0.4, 0.5) is 0 Å². The van der Waals surface area contributed by atoms with Crippen molar-refractivity contribution in [2.24, 2.45) is 0 Å². The van der Waals surface area contributed by atoms with Crippen molar-refractivity contribution in [1.29, 1.82) is 0 Å². The SMILES string of the molecule is COc1ccccc1/C(O)=C1\C(=O)C(=O)N(CC2CCCO2)C1c1cccc2ccccc12. The zero-order valence-electron chi connectivity index (χ0n) is 18.4. The maximum absolute atomic E-state index is 13.3.